The Labute approximate surface area is 85.5 Å². The molecule has 80 valence electrons. The number of nitrogens with one attached hydrogen (secondary N) is 1. The highest BCUT2D eigenvalue weighted by Crippen LogP contribution is 2.52. The number of likely N-dealkylation sites (tertiary alicyclic amines) is 1. The van der Waals surface area contributed by atoms with Crippen molar-refractivity contribution < 1.29 is 9.90 Å². The van der Waals surface area contributed by atoms with Crippen molar-refractivity contribution in [1.29, 1.82) is 0 Å². The first-order valence-electron chi connectivity index (χ1n) is 4.96. The van der Waals surface area contributed by atoms with Gasteiger partial charge in [-0.1, -0.05) is 0 Å². The number of hydrogen-bond acceptors (Lipinski definition) is 4. The van der Waals surface area contributed by atoms with E-state index < -0.39 is 6.09 Å². The molecule has 3 atom stereocenters. The molecule has 1 saturated heterocycles. The van der Waals surface area contributed by atoms with Crippen LogP contribution in [-0.4, -0.2) is 49.8 Å². The molecule has 1 aromatic rings. The molecule has 3 rings (SSSR count). The van der Waals surface area contributed by atoms with Crippen LogP contribution in [0, 0.1) is 17.8 Å². The lowest BCUT2D eigenvalue weighted by atomic mass is 10.2. The Morgan fingerprint density at radius 1 is 1.53 bits per heavy atom. The van der Waals surface area contributed by atoms with Gasteiger partial charge in [-0.15, -0.1) is 5.10 Å². The average Bonchev–Trinajstić information content (AvgIpc) is 2.62. The molecule has 0 aromatic carbocycles. The molecule has 0 unspecified atom stereocenters. The van der Waals surface area contributed by atoms with Gasteiger partial charge in [-0.2, -0.15) is 0 Å². The van der Waals surface area contributed by atoms with Crippen LogP contribution in [0.2, 0.25) is 0 Å². The smallest absolute Gasteiger partial charge is 0.407 e. The summed E-state index contributed by atoms with van der Waals surface area (Å²) in [7, 11) is 0. The summed E-state index contributed by atoms with van der Waals surface area (Å²) in [5.41, 5.74) is 0. The number of aromatic nitrogens is 4. The van der Waals surface area contributed by atoms with Crippen molar-refractivity contribution >= 4 is 6.09 Å². The Morgan fingerprint density at radius 2 is 2.27 bits per heavy atom. The van der Waals surface area contributed by atoms with Gasteiger partial charge >= 0.3 is 6.09 Å². The Morgan fingerprint density at radius 3 is 2.80 bits per heavy atom. The summed E-state index contributed by atoms with van der Waals surface area (Å²) in [5, 5.41) is 22.4. The molecule has 2 aliphatic rings. The molecule has 1 amide bonds. The number of H-pyrrole nitrogens is 1. The minimum atomic E-state index is -0.803. The number of rotatable bonds is 2. The van der Waals surface area contributed by atoms with E-state index in [1.54, 1.807) is 0 Å². The molecule has 1 aliphatic carbocycles. The minimum absolute atomic E-state index is 0.520. The fourth-order valence-electron chi connectivity index (χ4n) is 2.60. The highest BCUT2D eigenvalue weighted by atomic mass is 16.4. The van der Waals surface area contributed by atoms with Gasteiger partial charge in [-0.3, -0.25) is 0 Å². The fourth-order valence-corrected chi connectivity index (χ4v) is 2.60. The van der Waals surface area contributed by atoms with E-state index in [2.05, 4.69) is 20.6 Å². The van der Waals surface area contributed by atoms with Crippen LogP contribution in [0.3, 0.4) is 0 Å². The minimum Gasteiger partial charge on any atom is -0.465 e. The summed E-state index contributed by atoms with van der Waals surface area (Å²) in [5.74, 6) is 2.41. The SMILES string of the molecule is O=C(O)N1C[C@@H]2[C@@H](Cc3nnn[nH]3)[C@@H]2C1. The Hall–Kier alpha value is -1.66. The maximum atomic E-state index is 10.7. The number of amides is 1. The summed E-state index contributed by atoms with van der Waals surface area (Å²) >= 11 is 0. The van der Waals surface area contributed by atoms with E-state index in [4.69, 9.17) is 5.11 Å². The molecule has 2 N–H and O–H groups in total. The van der Waals surface area contributed by atoms with E-state index in [0.717, 1.165) is 12.2 Å². The second-order valence-electron chi connectivity index (χ2n) is 4.23. The van der Waals surface area contributed by atoms with E-state index in [1.165, 1.54) is 4.90 Å². The van der Waals surface area contributed by atoms with E-state index in [9.17, 15) is 4.79 Å². The van der Waals surface area contributed by atoms with E-state index in [-0.39, 0.29) is 0 Å². The molecular formula is C8H11N5O2. The van der Waals surface area contributed by atoms with Crippen LogP contribution in [-0.2, 0) is 6.42 Å². The maximum Gasteiger partial charge on any atom is 0.407 e. The lowest BCUT2D eigenvalue weighted by molar-refractivity contribution is 0.148. The van der Waals surface area contributed by atoms with Crippen molar-refractivity contribution in [1.82, 2.24) is 25.5 Å². The molecule has 2 fully saturated rings. The van der Waals surface area contributed by atoms with Gasteiger partial charge < -0.3 is 10.0 Å². The average molecular weight is 209 g/mol. The third-order valence-electron chi connectivity index (χ3n) is 3.46. The van der Waals surface area contributed by atoms with Gasteiger partial charge in [0.15, 0.2) is 0 Å². The largest absolute Gasteiger partial charge is 0.465 e. The van der Waals surface area contributed by atoms with Crippen LogP contribution in [0.5, 0.6) is 0 Å². The van der Waals surface area contributed by atoms with Gasteiger partial charge in [0, 0.05) is 19.5 Å². The first-order valence-corrected chi connectivity index (χ1v) is 4.96. The normalized spacial score (nSPS) is 32.8. The van der Waals surface area contributed by atoms with Gasteiger partial charge in [0.05, 0.1) is 0 Å². The number of hydrogen-bond donors (Lipinski definition) is 2. The molecular weight excluding hydrogens is 198 g/mol. The first-order chi connectivity index (χ1) is 7.25. The van der Waals surface area contributed by atoms with Gasteiger partial charge in [-0.25, -0.2) is 9.89 Å². The Kier molecular flexibility index (Phi) is 1.68. The van der Waals surface area contributed by atoms with Crippen LogP contribution < -0.4 is 0 Å². The lowest BCUT2D eigenvalue weighted by Gasteiger charge is -2.14. The maximum absolute atomic E-state index is 10.7. The fraction of sp³-hybridized carbons (Fsp3) is 0.750. The number of fused-ring (bicyclic) bond motifs is 1. The van der Waals surface area contributed by atoms with Gasteiger partial charge in [0.25, 0.3) is 0 Å². The second kappa shape index (κ2) is 2.91. The summed E-state index contributed by atoms with van der Waals surface area (Å²) in [6.07, 6.45) is 0.0396. The van der Waals surface area contributed by atoms with Gasteiger partial charge in [0.2, 0.25) is 0 Å². The number of nitrogens with zero attached hydrogens (tertiary/aromatic N) is 4. The van der Waals surface area contributed by atoms with E-state index in [1.807, 2.05) is 0 Å². The Bertz CT molecular complexity index is 366. The number of carboxylic acid groups (broad SMARTS) is 1. The third-order valence-corrected chi connectivity index (χ3v) is 3.46. The molecule has 0 radical (unpaired) electrons. The van der Waals surface area contributed by atoms with Crippen molar-refractivity contribution in [2.45, 2.75) is 6.42 Å². The lowest BCUT2D eigenvalue weighted by Crippen LogP contribution is -2.30. The summed E-state index contributed by atoms with van der Waals surface area (Å²) in [4.78, 5) is 12.2. The highest BCUT2D eigenvalue weighted by molar-refractivity contribution is 5.65. The molecule has 7 nitrogen and oxygen atoms in total. The molecule has 0 spiro atoms. The van der Waals surface area contributed by atoms with Crippen molar-refractivity contribution in [3.05, 3.63) is 5.82 Å². The first kappa shape index (κ1) is 8.63. The van der Waals surface area contributed by atoms with Crippen LogP contribution in [0.25, 0.3) is 0 Å². The highest BCUT2D eigenvalue weighted by Gasteiger charge is 2.56. The van der Waals surface area contributed by atoms with Gasteiger partial charge in [-0.05, 0) is 28.2 Å². The zero-order chi connectivity index (χ0) is 10.4. The monoisotopic (exact) mass is 209 g/mol. The molecule has 1 aromatic heterocycles. The number of piperidine rings is 1. The van der Waals surface area contributed by atoms with Crippen LogP contribution in [0.1, 0.15) is 5.82 Å². The zero-order valence-corrected chi connectivity index (χ0v) is 8.00. The van der Waals surface area contributed by atoms with E-state index >= 15 is 0 Å². The van der Waals surface area contributed by atoms with Gasteiger partial charge in [0.1, 0.15) is 5.82 Å². The van der Waals surface area contributed by atoms with Crippen LogP contribution in [0.4, 0.5) is 4.79 Å². The predicted molar refractivity (Wildman–Crippen MR) is 47.9 cm³/mol. The molecule has 15 heavy (non-hydrogen) atoms. The topological polar surface area (TPSA) is 95.0 Å². The summed E-state index contributed by atoms with van der Waals surface area (Å²) < 4.78 is 0. The molecule has 2 heterocycles. The van der Waals surface area contributed by atoms with Crippen molar-refractivity contribution in [3.63, 3.8) is 0 Å². The number of aromatic amines is 1. The standard InChI is InChI=1S/C8H11N5O2/c14-8(15)13-2-5-4(6(5)3-13)1-7-9-11-12-10-7/h4-6H,1-3H2,(H,14,15)(H,9,10,11,12)/t4-,5-,6+. The third kappa shape index (κ3) is 1.34. The number of carbonyl (C=O) groups is 1. The molecule has 1 saturated carbocycles. The zero-order valence-electron chi connectivity index (χ0n) is 8.00. The second-order valence-corrected chi connectivity index (χ2v) is 4.23. The number of tetrazole rings is 1. The predicted octanol–water partition coefficient (Wildman–Crippen LogP) is -0.402. The molecule has 1 aliphatic heterocycles. The molecule has 0 bridgehead atoms. The van der Waals surface area contributed by atoms with Crippen molar-refractivity contribution in [2.75, 3.05) is 13.1 Å². The Balaban J connectivity index is 1.57. The van der Waals surface area contributed by atoms with Crippen LogP contribution >= 0.6 is 0 Å². The summed E-state index contributed by atoms with van der Waals surface area (Å²) in [6.45, 7) is 1.35. The van der Waals surface area contributed by atoms with Crippen molar-refractivity contribution in [2.24, 2.45) is 17.8 Å². The van der Waals surface area contributed by atoms with Crippen LogP contribution in [0.15, 0.2) is 0 Å². The molecule has 7 heteroatoms. The quantitative estimate of drug-likeness (QED) is 0.690. The van der Waals surface area contributed by atoms with Crippen molar-refractivity contribution in [3.8, 4) is 0 Å². The van der Waals surface area contributed by atoms with E-state index in [0.29, 0.717) is 30.8 Å². The summed E-state index contributed by atoms with van der Waals surface area (Å²) in [6, 6.07) is 0.